The molecule has 0 aliphatic carbocycles. The van der Waals surface area contributed by atoms with Gasteiger partial charge in [-0.15, -0.1) is 0 Å². The number of fused-ring (bicyclic) bond motifs is 2. The van der Waals surface area contributed by atoms with Gasteiger partial charge < -0.3 is 14.4 Å². The zero-order valence-corrected chi connectivity index (χ0v) is 17.9. The fourth-order valence-electron chi connectivity index (χ4n) is 4.74. The van der Waals surface area contributed by atoms with Crippen molar-refractivity contribution in [3.63, 3.8) is 0 Å². The molecule has 6 nitrogen and oxygen atoms in total. The molecule has 1 saturated heterocycles. The van der Waals surface area contributed by atoms with Crippen molar-refractivity contribution in [2.45, 2.75) is 38.0 Å². The molecule has 2 aromatic heterocycles. The van der Waals surface area contributed by atoms with Gasteiger partial charge in [-0.3, -0.25) is 5.10 Å². The molecule has 0 saturated carbocycles. The van der Waals surface area contributed by atoms with Crippen molar-refractivity contribution < 1.29 is 27.8 Å². The minimum Gasteiger partial charge on any atom is -0.477 e. The normalized spacial score (nSPS) is 15.5. The minimum absolute atomic E-state index is 0.118. The zero-order chi connectivity index (χ0) is 23.3. The molecule has 0 amide bonds. The Kier molecular flexibility index (Phi) is 5.16. The first-order valence-electron chi connectivity index (χ1n) is 10.7. The summed E-state index contributed by atoms with van der Waals surface area (Å²) in [6, 6.07) is 8.23. The van der Waals surface area contributed by atoms with Crippen LogP contribution in [0.4, 0.5) is 13.2 Å². The molecule has 9 heteroatoms. The van der Waals surface area contributed by atoms with E-state index in [1.165, 1.54) is 6.07 Å². The van der Waals surface area contributed by atoms with Gasteiger partial charge in [-0.25, -0.2) is 9.18 Å². The van der Waals surface area contributed by atoms with E-state index in [4.69, 9.17) is 4.74 Å². The minimum atomic E-state index is -3.94. The lowest BCUT2D eigenvalue weighted by atomic mass is 9.90. The van der Waals surface area contributed by atoms with Gasteiger partial charge in [-0.1, -0.05) is 0 Å². The molecule has 0 bridgehead atoms. The van der Waals surface area contributed by atoms with E-state index in [2.05, 4.69) is 10.2 Å². The van der Waals surface area contributed by atoms with Gasteiger partial charge in [0.15, 0.2) is 0 Å². The Hall–Kier alpha value is -3.33. The van der Waals surface area contributed by atoms with Crippen molar-refractivity contribution in [1.29, 1.82) is 0 Å². The number of carboxylic acids is 1. The van der Waals surface area contributed by atoms with Crippen LogP contribution in [-0.2, 0) is 16.0 Å². The summed E-state index contributed by atoms with van der Waals surface area (Å²) in [5, 5.41) is 17.4. The second kappa shape index (κ2) is 7.91. The Morgan fingerprint density at radius 3 is 2.73 bits per heavy atom. The Labute approximate surface area is 187 Å². The number of ether oxygens (including phenoxy) is 1. The molecule has 5 rings (SSSR count). The molecule has 1 aliphatic heterocycles. The number of halogens is 3. The van der Waals surface area contributed by atoms with Gasteiger partial charge in [-0.2, -0.15) is 13.9 Å². The van der Waals surface area contributed by atoms with Crippen LogP contribution in [0.25, 0.3) is 27.5 Å². The maximum Gasteiger partial charge on any atom is 0.374 e. The van der Waals surface area contributed by atoms with Gasteiger partial charge >= 0.3 is 11.9 Å². The Balaban J connectivity index is 1.87. The standard InChI is InChI=1S/C24H22F3N3O3/c1-13-8-16(2-3-19(13)25)30-21-9-15-12-28-29-20(15)10-17(21)18(11-24(26,27)23(31)32)22(30)14-4-6-33-7-5-14/h2-3,8-10,12,14H,4-7,11H2,1H3,(H,28,29)(H,31,32). The third kappa shape index (κ3) is 3.66. The molecule has 1 aliphatic rings. The number of rotatable bonds is 5. The van der Waals surface area contributed by atoms with E-state index in [9.17, 15) is 23.1 Å². The molecule has 0 unspecified atom stereocenters. The maximum atomic E-state index is 14.6. The monoisotopic (exact) mass is 457 g/mol. The number of hydrogen-bond donors (Lipinski definition) is 2. The SMILES string of the molecule is Cc1cc(-n2c(C3CCOCC3)c(CC(F)(F)C(=O)O)c3cc4[nH]ncc4cc32)ccc1F. The van der Waals surface area contributed by atoms with Crippen molar-refractivity contribution in [3.8, 4) is 5.69 Å². The molecule has 0 atom stereocenters. The van der Waals surface area contributed by atoms with Gasteiger partial charge in [0, 0.05) is 41.3 Å². The van der Waals surface area contributed by atoms with Crippen LogP contribution in [0.15, 0.2) is 36.5 Å². The first-order chi connectivity index (χ1) is 15.8. The number of nitrogens with zero attached hydrogens (tertiary/aromatic N) is 2. The predicted molar refractivity (Wildman–Crippen MR) is 117 cm³/mol. The van der Waals surface area contributed by atoms with Crippen LogP contribution in [0.2, 0.25) is 0 Å². The molecule has 33 heavy (non-hydrogen) atoms. The van der Waals surface area contributed by atoms with Crippen molar-refractivity contribution >= 4 is 27.8 Å². The van der Waals surface area contributed by atoms with E-state index in [-0.39, 0.29) is 17.3 Å². The molecular formula is C24H22F3N3O3. The summed E-state index contributed by atoms with van der Waals surface area (Å²) in [7, 11) is 0. The van der Waals surface area contributed by atoms with E-state index in [1.54, 1.807) is 31.3 Å². The first kappa shape index (κ1) is 21.5. The highest BCUT2D eigenvalue weighted by molar-refractivity contribution is 5.99. The molecule has 0 radical (unpaired) electrons. The van der Waals surface area contributed by atoms with E-state index in [1.807, 2.05) is 10.6 Å². The topological polar surface area (TPSA) is 80.1 Å². The number of hydrogen-bond acceptors (Lipinski definition) is 3. The fraction of sp³-hybridized carbons (Fsp3) is 0.333. The van der Waals surface area contributed by atoms with E-state index < -0.39 is 18.3 Å². The van der Waals surface area contributed by atoms with Crippen LogP contribution in [0, 0.1) is 12.7 Å². The van der Waals surface area contributed by atoms with Crippen LogP contribution >= 0.6 is 0 Å². The van der Waals surface area contributed by atoms with Crippen LogP contribution in [-0.4, -0.2) is 45.0 Å². The maximum absolute atomic E-state index is 14.6. The number of H-pyrrole nitrogens is 1. The second-order valence-corrected chi connectivity index (χ2v) is 8.53. The molecule has 3 heterocycles. The smallest absolute Gasteiger partial charge is 0.374 e. The number of nitrogens with one attached hydrogen (secondary N) is 1. The van der Waals surface area contributed by atoms with Crippen molar-refractivity contribution in [3.05, 3.63) is 59.2 Å². The molecular weight excluding hydrogens is 435 g/mol. The van der Waals surface area contributed by atoms with Crippen molar-refractivity contribution in [2.75, 3.05) is 13.2 Å². The highest BCUT2D eigenvalue weighted by Crippen LogP contribution is 2.41. The summed E-state index contributed by atoms with van der Waals surface area (Å²) in [5.41, 5.74) is 3.27. The fourth-order valence-corrected chi connectivity index (χ4v) is 4.74. The lowest BCUT2D eigenvalue weighted by molar-refractivity contribution is -0.164. The highest BCUT2D eigenvalue weighted by Gasteiger charge is 2.42. The summed E-state index contributed by atoms with van der Waals surface area (Å²) in [5.74, 6) is -6.59. The lowest BCUT2D eigenvalue weighted by Gasteiger charge is -2.26. The van der Waals surface area contributed by atoms with Gasteiger partial charge in [0.2, 0.25) is 0 Å². The van der Waals surface area contributed by atoms with Gasteiger partial charge in [-0.05, 0) is 61.2 Å². The molecule has 172 valence electrons. The summed E-state index contributed by atoms with van der Waals surface area (Å²) >= 11 is 0. The number of aromatic amines is 1. The number of aryl methyl sites for hydroxylation is 1. The quantitative estimate of drug-likeness (QED) is 0.437. The number of carboxylic acid groups (broad SMARTS) is 1. The molecule has 2 aromatic carbocycles. The van der Waals surface area contributed by atoms with Crippen LogP contribution in [0.3, 0.4) is 0 Å². The number of alkyl halides is 2. The molecule has 2 N–H and O–H groups in total. The van der Waals surface area contributed by atoms with Crippen molar-refractivity contribution in [1.82, 2.24) is 14.8 Å². The zero-order valence-electron chi connectivity index (χ0n) is 17.9. The molecule has 4 aromatic rings. The van der Waals surface area contributed by atoms with Crippen molar-refractivity contribution in [2.24, 2.45) is 0 Å². The third-order valence-electron chi connectivity index (χ3n) is 6.39. The van der Waals surface area contributed by atoms with Gasteiger partial charge in [0.05, 0.1) is 23.7 Å². The average molecular weight is 457 g/mol. The van der Waals surface area contributed by atoms with Crippen LogP contribution in [0.1, 0.15) is 35.6 Å². The largest absolute Gasteiger partial charge is 0.477 e. The Morgan fingerprint density at radius 2 is 2.03 bits per heavy atom. The number of carbonyl (C=O) groups is 1. The first-order valence-corrected chi connectivity index (χ1v) is 10.7. The summed E-state index contributed by atoms with van der Waals surface area (Å²) in [6.07, 6.45) is 1.92. The lowest BCUT2D eigenvalue weighted by Crippen LogP contribution is -2.31. The average Bonchev–Trinajstić information content (AvgIpc) is 3.36. The van der Waals surface area contributed by atoms with E-state index >= 15 is 0 Å². The summed E-state index contributed by atoms with van der Waals surface area (Å²) in [4.78, 5) is 11.3. The van der Waals surface area contributed by atoms with E-state index in [0.29, 0.717) is 59.4 Å². The number of aromatic nitrogens is 3. The number of aliphatic carboxylic acids is 1. The Morgan fingerprint density at radius 1 is 1.27 bits per heavy atom. The van der Waals surface area contributed by atoms with Gasteiger partial charge in [0.25, 0.3) is 0 Å². The number of benzene rings is 2. The van der Waals surface area contributed by atoms with E-state index in [0.717, 1.165) is 5.39 Å². The Bertz CT molecular complexity index is 1370. The summed E-state index contributed by atoms with van der Waals surface area (Å²) < 4.78 is 50.6. The second-order valence-electron chi connectivity index (χ2n) is 8.53. The molecule has 0 spiro atoms. The third-order valence-corrected chi connectivity index (χ3v) is 6.39. The molecule has 1 fully saturated rings. The predicted octanol–water partition coefficient (Wildman–Crippen LogP) is 5.11. The van der Waals surface area contributed by atoms with Crippen LogP contribution in [0.5, 0.6) is 0 Å². The highest BCUT2D eigenvalue weighted by atomic mass is 19.3. The summed E-state index contributed by atoms with van der Waals surface area (Å²) in [6.45, 7) is 2.61. The van der Waals surface area contributed by atoms with Crippen LogP contribution < -0.4 is 0 Å². The van der Waals surface area contributed by atoms with Gasteiger partial charge in [0.1, 0.15) is 5.82 Å².